The van der Waals surface area contributed by atoms with Gasteiger partial charge in [0.05, 0.1) is 12.0 Å². The SMILES string of the molecule is COCC1(C(=O)N(CC2CC2)C(C)C)CCNCC1. The molecule has 1 saturated heterocycles. The van der Waals surface area contributed by atoms with Gasteiger partial charge >= 0.3 is 0 Å². The largest absolute Gasteiger partial charge is 0.384 e. The average Bonchev–Trinajstić information content (AvgIpc) is 3.20. The third kappa shape index (κ3) is 3.48. The first kappa shape index (κ1) is 14.8. The van der Waals surface area contributed by atoms with Crippen molar-refractivity contribution in [3.8, 4) is 0 Å². The highest BCUT2D eigenvalue weighted by atomic mass is 16.5. The fourth-order valence-corrected chi connectivity index (χ4v) is 3.01. The molecule has 1 amide bonds. The van der Waals surface area contributed by atoms with E-state index in [-0.39, 0.29) is 11.5 Å². The van der Waals surface area contributed by atoms with E-state index in [0.29, 0.717) is 12.5 Å². The monoisotopic (exact) mass is 268 g/mol. The van der Waals surface area contributed by atoms with Gasteiger partial charge in [0, 0.05) is 19.7 Å². The number of nitrogens with one attached hydrogen (secondary N) is 1. The van der Waals surface area contributed by atoms with Crippen molar-refractivity contribution in [3.63, 3.8) is 0 Å². The Kier molecular flexibility index (Phi) is 4.85. The van der Waals surface area contributed by atoms with E-state index in [1.165, 1.54) is 12.8 Å². The van der Waals surface area contributed by atoms with Gasteiger partial charge in [-0.15, -0.1) is 0 Å². The lowest BCUT2D eigenvalue weighted by Gasteiger charge is -2.41. The molecule has 0 spiro atoms. The first-order chi connectivity index (χ1) is 9.09. The van der Waals surface area contributed by atoms with Crippen LogP contribution in [0.1, 0.15) is 39.5 Å². The number of ether oxygens (including phenoxy) is 1. The fraction of sp³-hybridized carbons (Fsp3) is 0.933. The van der Waals surface area contributed by atoms with E-state index < -0.39 is 0 Å². The summed E-state index contributed by atoms with van der Waals surface area (Å²) in [4.78, 5) is 15.1. The summed E-state index contributed by atoms with van der Waals surface area (Å²) in [5.74, 6) is 1.06. The van der Waals surface area contributed by atoms with Gasteiger partial charge in [-0.2, -0.15) is 0 Å². The van der Waals surface area contributed by atoms with Gasteiger partial charge in [0.15, 0.2) is 0 Å². The summed E-state index contributed by atoms with van der Waals surface area (Å²) in [6, 6.07) is 0.289. The summed E-state index contributed by atoms with van der Waals surface area (Å²) < 4.78 is 5.38. The Hall–Kier alpha value is -0.610. The Morgan fingerprint density at radius 1 is 1.37 bits per heavy atom. The smallest absolute Gasteiger partial charge is 0.231 e. The number of rotatable bonds is 6. The molecule has 1 aliphatic heterocycles. The molecule has 2 aliphatic rings. The second-order valence-electron chi connectivity index (χ2n) is 6.46. The number of hydrogen-bond acceptors (Lipinski definition) is 3. The van der Waals surface area contributed by atoms with Crippen LogP contribution in [0.3, 0.4) is 0 Å². The van der Waals surface area contributed by atoms with Crippen molar-refractivity contribution in [1.29, 1.82) is 0 Å². The van der Waals surface area contributed by atoms with Crippen molar-refractivity contribution in [2.24, 2.45) is 11.3 Å². The molecule has 1 saturated carbocycles. The average molecular weight is 268 g/mol. The molecule has 0 unspecified atom stereocenters. The second kappa shape index (κ2) is 6.23. The maximum Gasteiger partial charge on any atom is 0.231 e. The lowest BCUT2D eigenvalue weighted by molar-refractivity contribution is -0.149. The van der Waals surface area contributed by atoms with Gasteiger partial charge in [-0.1, -0.05) is 0 Å². The molecule has 1 N–H and O–H groups in total. The molecule has 1 aliphatic carbocycles. The molecular formula is C15H28N2O2. The van der Waals surface area contributed by atoms with E-state index in [9.17, 15) is 4.79 Å². The van der Waals surface area contributed by atoms with Gasteiger partial charge in [0.25, 0.3) is 0 Å². The Labute approximate surface area is 116 Å². The predicted octanol–water partition coefficient (Wildman–Crippen LogP) is 1.65. The maximum absolute atomic E-state index is 13.0. The summed E-state index contributed by atoms with van der Waals surface area (Å²) in [6.07, 6.45) is 4.37. The zero-order chi connectivity index (χ0) is 13.9. The van der Waals surface area contributed by atoms with Crippen molar-refractivity contribution in [2.45, 2.75) is 45.6 Å². The van der Waals surface area contributed by atoms with Gasteiger partial charge in [0.1, 0.15) is 0 Å². The van der Waals surface area contributed by atoms with Gasteiger partial charge in [-0.25, -0.2) is 0 Å². The van der Waals surface area contributed by atoms with Crippen molar-refractivity contribution < 1.29 is 9.53 Å². The Morgan fingerprint density at radius 2 is 2.00 bits per heavy atom. The van der Waals surface area contributed by atoms with Crippen LogP contribution in [0.15, 0.2) is 0 Å². The van der Waals surface area contributed by atoms with Crippen LogP contribution in [0.25, 0.3) is 0 Å². The van der Waals surface area contributed by atoms with Crippen LogP contribution >= 0.6 is 0 Å². The normalized spacial score (nSPS) is 22.5. The first-order valence-corrected chi connectivity index (χ1v) is 7.60. The molecule has 0 aromatic heterocycles. The van der Waals surface area contributed by atoms with Gasteiger partial charge in [0.2, 0.25) is 5.91 Å². The minimum absolute atomic E-state index is 0.289. The lowest BCUT2D eigenvalue weighted by Crippen LogP contribution is -2.53. The Bertz CT molecular complexity index is 302. The molecule has 110 valence electrons. The summed E-state index contributed by atoms with van der Waals surface area (Å²) in [7, 11) is 1.71. The summed E-state index contributed by atoms with van der Waals surface area (Å²) >= 11 is 0. The fourth-order valence-electron chi connectivity index (χ4n) is 3.01. The van der Waals surface area contributed by atoms with Crippen LogP contribution in [-0.2, 0) is 9.53 Å². The van der Waals surface area contributed by atoms with E-state index in [0.717, 1.165) is 38.4 Å². The molecule has 19 heavy (non-hydrogen) atoms. The van der Waals surface area contributed by atoms with Gasteiger partial charge < -0.3 is 15.0 Å². The van der Waals surface area contributed by atoms with E-state index in [2.05, 4.69) is 24.1 Å². The van der Waals surface area contributed by atoms with Crippen LogP contribution in [0.2, 0.25) is 0 Å². The van der Waals surface area contributed by atoms with E-state index in [4.69, 9.17) is 4.74 Å². The van der Waals surface area contributed by atoms with Crippen LogP contribution < -0.4 is 5.32 Å². The molecule has 4 heteroatoms. The van der Waals surface area contributed by atoms with E-state index in [1.807, 2.05) is 0 Å². The molecule has 0 atom stereocenters. The molecule has 0 aromatic carbocycles. The number of nitrogens with zero attached hydrogens (tertiary/aromatic N) is 1. The quantitative estimate of drug-likeness (QED) is 0.796. The summed E-state index contributed by atoms with van der Waals surface area (Å²) in [6.45, 7) is 7.59. The molecule has 2 fully saturated rings. The molecule has 2 rings (SSSR count). The molecule has 4 nitrogen and oxygen atoms in total. The van der Waals surface area contributed by atoms with Crippen molar-refractivity contribution >= 4 is 5.91 Å². The van der Waals surface area contributed by atoms with Crippen LogP contribution in [0.4, 0.5) is 0 Å². The molecule has 0 aromatic rings. The first-order valence-electron chi connectivity index (χ1n) is 7.60. The molecule has 1 heterocycles. The minimum Gasteiger partial charge on any atom is -0.384 e. The van der Waals surface area contributed by atoms with Crippen LogP contribution in [-0.4, -0.2) is 50.2 Å². The summed E-state index contributed by atoms with van der Waals surface area (Å²) in [5.41, 5.74) is -0.292. The van der Waals surface area contributed by atoms with Crippen molar-refractivity contribution in [3.05, 3.63) is 0 Å². The minimum atomic E-state index is -0.292. The number of piperidine rings is 1. The number of methoxy groups -OCH3 is 1. The van der Waals surface area contributed by atoms with Gasteiger partial charge in [-0.3, -0.25) is 4.79 Å². The number of amides is 1. The third-order valence-electron chi connectivity index (χ3n) is 4.47. The highest BCUT2D eigenvalue weighted by Crippen LogP contribution is 2.35. The third-order valence-corrected chi connectivity index (χ3v) is 4.47. The maximum atomic E-state index is 13.0. The Morgan fingerprint density at radius 3 is 2.47 bits per heavy atom. The van der Waals surface area contributed by atoms with Crippen LogP contribution in [0.5, 0.6) is 0 Å². The zero-order valence-corrected chi connectivity index (χ0v) is 12.6. The zero-order valence-electron chi connectivity index (χ0n) is 12.6. The molecule has 0 radical (unpaired) electrons. The Balaban J connectivity index is 2.10. The number of carbonyl (C=O) groups excluding carboxylic acids is 1. The number of carbonyl (C=O) groups is 1. The number of hydrogen-bond donors (Lipinski definition) is 1. The highest BCUT2D eigenvalue weighted by Gasteiger charge is 2.43. The van der Waals surface area contributed by atoms with Crippen molar-refractivity contribution in [1.82, 2.24) is 10.2 Å². The molecular weight excluding hydrogens is 240 g/mol. The van der Waals surface area contributed by atoms with Gasteiger partial charge in [-0.05, 0) is 58.5 Å². The summed E-state index contributed by atoms with van der Waals surface area (Å²) in [5, 5.41) is 3.35. The highest BCUT2D eigenvalue weighted by molar-refractivity contribution is 5.83. The topological polar surface area (TPSA) is 41.6 Å². The van der Waals surface area contributed by atoms with E-state index >= 15 is 0 Å². The lowest BCUT2D eigenvalue weighted by atomic mass is 9.78. The van der Waals surface area contributed by atoms with E-state index in [1.54, 1.807) is 7.11 Å². The van der Waals surface area contributed by atoms with Crippen molar-refractivity contribution in [2.75, 3.05) is 33.4 Å². The predicted molar refractivity (Wildman–Crippen MR) is 76.0 cm³/mol. The standard InChI is InChI=1S/C15H28N2O2/c1-12(2)17(10-13-4-5-13)14(18)15(11-19-3)6-8-16-9-7-15/h12-13,16H,4-11H2,1-3H3. The van der Waals surface area contributed by atoms with Crippen LogP contribution in [0, 0.1) is 11.3 Å². The second-order valence-corrected chi connectivity index (χ2v) is 6.46. The molecule has 0 bridgehead atoms.